The number of unbranched alkanes of at least 4 members (excludes halogenated alkanes) is 1. The molecule has 0 saturated carbocycles. The third-order valence-electron chi connectivity index (χ3n) is 7.48. The average Bonchev–Trinajstić information content (AvgIpc) is 3.49. The van der Waals surface area contributed by atoms with Crippen molar-refractivity contribution >= 4 is 29.1 Å². The fraction of sp³-hybridized carbons (Fsp3) is 0.600. The summed E-state index contributed by atoms with van der Waals surface area (Å²) in [6, 6.07) is 6.09. The molecule has 5 atom stereocenters. The molecule has 3 rings (SSSR count). The summed E-state index contributed by atoms with van der Waals surface area (Å²) in [5, 5.41) is 16.4. The lowest BCUT2D eigenvalue weighted by Gasteiger charge is -2.36. The number of nitrogens with zero attached hydrogens (tertiary/aromatic N) is 2. The third-order valence-corrected chi connectivity index (χ3v) is 8.46. The zero-order valence-electron chi connectivity index (χ0n) is 24.3. The number of aliphatic hydroxyl groups is 1. The topological polar surface area (TPSA) is 112 Å². The van der Waals surface area contributed by atoms with Crippen LogP contribution in [0.4, 0.5) is 0 Å². The average molecular weight is 557 g/mol. The molecule has 1 aromatic heterocycles. The van der Waals surface area contributed by atoms with Gasteiger partial charge < -0.3 is 20.6 Å². The molecular formula is C30H44N4O4S. The van der Waals surface area contributed by atoms with Gasteiger partial charge in [0.1, 0.15) is 12.1 Å². The van der Waals surface area contributed by atoms with Crippen LogP contribution in [0, 0.1) is 18.3 Å². The molecular weight excluding hydrogens is 512 g/mol. The Kier molecular flexibility index (Phi) is 10.3. The molecule has 0 spiro atoms. The van der Waals surface area contributed by atoms with E-state index in [9.17, 15) is 19.5 Å². The van der Waals surface area contributed by atoms with Crippen LogP contribution in [-0.2, 0) is 14.4 Å². The molecule has 3 N–H and O–H groups in total. The van der Waals surface area contributed by atoms with Crippen molar-refractivity contribution in [2.75, 3.05) is 6.54 Å². The number of carbonyl (C=O) groups excluding carboxylic acids is 3. The molecule has 1 aliphatic heterocycles. The van der Waals surface area contributed by atoms with Crippen molar-refractivity contribution in [3.8, 4) is 10.4 Å². The molecule has 2 aromatic rings. The van der Waals surface area contributed by atoms with Gasteiger partial charge >= 0.3 is 0 Å². The highest BCUT2D eigenvalue weighted by molar-refractivity contribution is 7.13. The third kappa shape index (κ3) is 7.66. The van der Waals surface area contributed by atoms with E-state index in [1.165, 1.54) is 4.90 Å². The van der Waals surface area contributed by atoms with Crippen LogP contribution in [0.25, 0.3) is 10.4 Å². The van der Waals surface area contributed by atoms with Gasteiger partial charge in [-0.2, -0.15) is 0 Å². The minimum atomic E-state index is -0.812. The Morgan fingerprint density at radius 2 is 1.82 bits per heavy atom. The number of nitrogens with one attached hydrogen (secondary N) is 2. The first kappa shape index (κ1) is 30.8. The Bertz CT molecular complexity index is 1140. The van der Waals surface area contributed by atoms with E-state index in [1.54, 1.807) is 11.3 Å². The number of carbonyl (C=O) groups is 3. The molecule has 2 heterocycles. The zero-order valence-corrected chi connectivity index (χ0v) is 25.1. The second-order valence-electron chi connectivity index (χ2n) is 11.9. The Labute approximate surface area is 236 Å². The maximum Gasteiger partial charge on any atom is 0.246 e. The van der Waals surface area contributed by atoms with E-state index in [4.69, 9.17) is 0 Å². The number of β-amino-alcohol motifs (C(OH)–C–C–N with tert-alkyl or cyclic N) is 1. The van der Waals surface area contributed by atoms with E-state index in [0.29, 0.717) is 0 Å². The van der Waals surface area contributed by atoms with E-state index in [-0.39, 0.29) is 42.6 Å². The van der Waals surface area contributed by atoms with Crippen molar-refractivity contribution in [3.05, 3.63) is 41.0 Å². The summed E-state index contributed by atoms with van der Waals surface area (Å²) in [5.74, 6) is -1.03. The number of hydrogen-bond acceptors (Lipinski definition) is 6. The van der Waals surface area contributed by atoms with Crippen LogP contribution in [0.3, 0.4) is 0 Å². The summed E-state index contributed by atoms with van der Waals surface area (Å²) in [6.07, 6.45) is 2.04. The SMILES string of the molecule is CCCC[C@@H](C)C(=O)N[C@H](C(=O)N1C[C@H](O)C[C@H]1C(=O)N[C@@H](C)c1ccc(-c2scnc2C)cc1)C(C)(C)C. The van der Waals surface area contributed by atoms with Gasteiger partial charge in [-0.3, -0.25) is 14.4 Å². The Morgan fingerprint density at radius 1 is 1.15 bits per heavy atom. The van der Waals surface area contributed by atoms with Crippen molar-refractivity contribution in [1.82, 2.24) is 20.5 Å². The number of thiazole rings is 1. The Hall–Kier alpha value is -2.78. The number of rotatable bonds is 10. The molecule has 0 radical (unpaired) electrons. The van der Waals surface area contributed by atoms with Gasteiger partial charge in [0.25, 0.3) is 0 Å². The van der Waals surface area contributed by atoms with Crippen LogP contribution in [0.2, 0.25) is 0 Å². The predicted octanol–water partition coefficient (Wildman–Crippen LogP) is 4.61. The largest absolute Gasteiger partial charge is 0.391 e. The van der Waals surface area contributed by atoms with Crippen LogP contribution in [0.15, 0.2) is 29.8 Å². The van der Waals surface area contributed by atoms with Crippen LogP contribution in [0.1, 0.15) is 84.5 Å². The molecule has 0 bridgehead atoms. The molecule has 1 aromatic carbocycles. The zero-order chi connectivity index (χ0) is 28.9. The number of aliphatic hydroxyl groups excluding tert-OH is 1. The summed E-state index contributed by atoms with van der Waals surface area (Å²) in [5.41, 5.74) is 4.25. The van der Waals surface area contributed by atoms with Crippen molar-refractivity contribution < 1.29 is 19.5 Å². The lowest BCUT2D eigenvalue weighted by Crippen LogP contribution is -2.58. The van der Waals surface area contributed by atoms with Crippen LogP contribution in [-0.4, -0.2) is 57.4 Å². The Morgan fingerprint density at radius 3 is 2.38 bits per heavy atom. The quantitative estimate of drug-likeness (QED) is 0.396. The van der Waals surface area contributed by atoms with Gasteiger partial charge in [-0.05, 0) is 36.8 Å². The smallest absolute Gasteiger partial charge is 0.246 e. The maximum atomic E-state index is 13.8. The minimum Gasteiger partial charge on any atom is -0.391 e. The van der Waals surface area contributed by atoms with Gasteiger partial charge in [0.15, 0.2) is 0 Å². The van der Waals surface area contributed by atoms with Gasteiger partial charge in [0, 0.05) is 18.9 Å². The van der Waals surface area contributed by atoms with E-state index < -0.39 is 23.6 Å². The number of aryl methyl sites for hydroxylation is 1. The summed E-state index contributed by atoms with van der Waals surface area (Å²) in [6.45, 7) is 13.6. The lowest BCUT2D eigenvalue weighted by molar-refractivity contribution is -0.144. The van der Waals surface area contributed by atoms with Crippen LogP contribution >= 0.6 is 11.3 Å². The second kappa shape index (κ2) is 13.0. The molecule has 39 heavy (non-hydrogen) atoms. The van der Waals surface area contributed by atoms with Gasteiger partial charge in [-0.25, -0.2) is 4.98 Å². The van der Waals surface area contributed by atoms with Gasteiger partial charge in [-0.15, -0.1) is 11.3 Å². The van der Waals surface area contributed by atoms with E-state index >= 15 is 0 Å². The molecule has 1 aliphatic rings. The van der Waals surface area contributed by atoms with E-state index in [2.05, 4.69) is 22.5 Å². The molecule has 8 nitrogen and oxygen atoms in total. The standard InChI is InChI=1S/C30H44N4O4S/c1-8-9-10-18(2)27(36)33-26(30(5,6)7)29(38)34-16-23(35)15-24(34)28(37)32-19(3)21-11-13-22(14-12-21)25-20(4)31-17-39-25/h11-14,17-19,23-24,26,35H,8-10,15-16H2,1-7H3,(H,32,37)(H,33,36)/t18-,19+,23-,24+,26-/m1/s1. The maximum absolute atomic E-state index is 13.8. The molecule has 1 saturated heterocycles. The van der Waals surface area contributed by atoms with Crippen molar-refractivity contribution in [1.29, 1.82) is 0 Å². The summed E-state index contributed by atoms with van der Waals surface area (Å²) in [7, 11) is 0. The molecule has 0 unspecified atom stereocenters. The lowest BCUT2D eigenvalue weighted by atomic mass is 9.85. The number of likely N-dealkylation sites (tertiary alicyclic amines) is 1. The molecule has 1 fully saturated rings. The highest BCUT2D eigenvalue weighted by Gasteiger charge is 2.44. The first-order valence-electron chi connectivity index (χ1n) is 13.9. The summed E-state index contributed by atoms with van der Waals surface area (Å²) >= 11 is 1.59. The highest BCUT2D eigenvalue weighted by atomic mass is 32.1. The molecule has 214 valence electrons. The van der Waals surface area contributed by atoms with Crippen molar-refractivity contribution in [2.45, 2.75) is 98.4 Å². The number of hydrogen-bond donors (Lipinski definition) is 3. The predicted molar refractivity (Wildman–Crippen MR) is 155 cm³/mol. The molecule has 3 amide bonds. The monoisotopic (exact) mass is 556 g/mol. The van der Waals surface area contributed by atoms with Crippen LogP contribution in [0.5, 0.6) is 0 Å². The Balaban J connectivity index is 1.71. The van der Waals surface area contributed by atoms with Gasteiger partial charge in [-0.1, -0.05) is 71.7 Å². The van der Waals surface area contributed by atoms with E-state index in [0.717, 1.165) is 41.0 Å². The summed E-state index contributed by atoms with van der Waals surface area (Å²) < 4.78 is 0. The fourth-order valence-electron chi connectivity index (χ4n) is 4.94. The van der Waals surface area contributed by atoms with Crippen molar-refractivity contribution in [3.63, 3.8) is 0 Å². The number of amides is 3. The number of benzene rings is 1. The minimum absolute atomic E-state index is 0.0576. The first-order chi connectivity index (χ1) is 18.3. The number of aromatic nitrogens is 1. The van der Waals surface area contributed by atoms with Crippen molar-refractivity contribution in [2.24, 2.45) is 11.3 Å². The normalized spacial score (nSPS) is 19.8. The molecule has 9 heteroatoms. The van der Waals surface area contributed by atoms with Crippen LogP contribution < -0.4 is 10.6 Å². The summed E-state index contributed by atoms with van der Waals surface area (Å²) in [4.78, 5) is 47.0. The molecule has 0 aliphatic carbocycles. The van der Waals surface area contributed by atoms with E-state index in [1.807, 2.05) is 71.3 Å². The fourth-order valence-corrected chi connectivity index (χ4v) is 5.75. The first-order valence-corrected chi connectivity index (χ1v) is 14.8. The van der Waals surface area contributed by atoms with Gasteiger partial charge in [0.05, 0.1) is 28.2 Å². The van der Waals surface area contributed by atoms with Gasteiger partial charge in [0.2, 0.25) is 17.7 Å². The highest BCUT2D eigenvalue weighted by Crippen LogP contribution is 2.29. The second-order valence-corrected chi connectivity index (χ2v) is 12.7.